The number of furan rings is 1. The molecule has 1 amide bonds. The lowest BCUT2D eigenvalue weighted by Crippen LogP contribution is -2.49. The number of piperidine rings is 1. The lowest BCUT2D eigenvalue weighted by atomic mass is 10.0. The summed E-state index contributed by atoms with van der Waals surface area (Å²) in [6.45, 7) is 2.70. The van der Waals surface area contributed by atoms with E-state index < -0.39 is 10.0 Å². The van der Waals surface area contributed by atoms with Crippen molar-refractivity contribution in [2.24, 2.45) is 0 Å². The van der Waals surface area contributed by atoms with Crippen LogP contribution < -0.4 is 4.72 Å². The number of aromatic nitrogens is 1. The van der Waals surface area contributed by atoms with E-state index >= 15 is 0 Å². The maximum Gasteiger partial charge on any atom is 0.289 e. The second kappa shape index (κ2) is 6.52. The van der Waals surface area contributed by atoms with Crippen LogP contribution in [0.1, 0.15) is 35.5 Å². The number of nitrogens with one attached hydrogen (secondary N) is 1. The fraction of sp³-hybridized carbons (Fsp3) is 0.500. The molecule has 0 radical (unpaired) electrons. The Morgan fingerprint density at radius 3 is 2.96 bits per heavy atom. The van der Waals surface area contributed by atoms with E-state index in [-0.39, 0.29) is 24.3 Å². The minimum absolute atomic E-state index is 0.163. The number of fused-ring (bicyclic) bond motifs is 1. The molecule has 130 valence electrons. The van der Waals surface area contributed by atoms with E-state index in [9.17, 15) is 13.2 Å². The van der Waals surface area contributed by atoms with Crippen molar-refractivity contribution in [1.82, 2.24) is 14.6 Å². The first-order valence-electron chi connectivity index (χ1n) is 7.96. The molecule has 1 fully saturated rings. The average Bonchev–Trinajstić information content (AvgIpc) is 2.95. The van der Waals surface area contributed by atoms with Crippen molar-refractivity contribution in [3.05, 3.63) is 29.7 Å². The number of hydrogen-bond acceptors (Lipinski definition) is 5. The third-order valence-electron chi connectivity index (χ3n) is 4.19. The van der Waals surface area contributed by atoms with Crippen LogP contribution in [0.3, 0.4) is 0 Å². The van der Waals surface area contributed by atoms with Crippen molar-refractivity contribution >= 4 is 27.0 Å². The smallest absolute Gasteiger partial charge is 0.289 e. The van der Waals surface area contributed by atoms with Gasteiger partial charge >= 0.3 is 0 Å². The molecule has 0 bridgehead atoms. The van der Waals surface area contributed by atoms with Crippen molar-refractivity contribution in [3.63, 3.8) is 0 Å². The molecule has 0 aliphatic carbocycles. The number of aryl methyl sites for hydroxylation is 1. The first-order chi connectivity index (χ1) is 11.3. The van der Waals surface area contributed by atoms with Gasteiger partial charge in [0.1, 0.15) is 5.52 Å². The molecular weight excluding hydrogens is 330 g/mol. The summed E-state index contributed by atoms with van der Waals surface area (Å²) in [7, 11) is -3.28. The van der Waals surface area contributed by atoms with Crippen molar-refractivity contribution in [2.45, 2.75) is 32.2 Å². The van der Waals surface area contributed by atoms with Crippen LogP contribution in [0, 0.1) is 6.92 Å². The van der Waals surface area contributed by atoms with Gasteiger partial charge in [0, 0.05) is 30.9 Å². The highest BCUT2D eigenvalue weighted by Gasteiger charge is 2.30. The SMILES string of the molecule is Cc1ccc2oc(C(=O)N3CCCCC3CNS(C)(=O)=O)cc2n1. The van der Waals surface area contributed by atoms with Crippen molar-refractivity contribution in [2.75, 3.05) is 19.3 Å². The number of rotatable bonds is 4. The van der Waals surface area contributed by atoms with E-state index in [1.165, 1.54) is 0 Å². The molecule has 2 aromatic heterocycles. The zero-order chi connectivity index (χ0) is 17.3. The van der Waals surface area contributed by atoms with Gasteiger partial charge in [0.15, 0.2) is 11.3 Å². The summed E-state index contributed by atoms with van der Waals surface area (Å²) in [5.74, 6) is 0.0278. The van der Waals surface area contributed by atoms with E-state index in [1.54, 1.807) is 17.0 Å². The Morgan fingerprint density at radius 1 is 1.42 bits per heavy atom. The van der Waals surface area contributed by atoms with Gasteiger partial charge in [-0.1, -0.05) is 0 Å². The van der Waals surface area contributed by atoms with E-state index in [0.717, 1.165) is 31.2 Å². The summed E-state index contributed by atoms with van der Waals surface area (Å²) >= 11 is 0. The lowest BCUT2D eigenvalue weighted by molar-refractivity contribution is 0.0588. The monoisotopic (exact) mass is 351 g/mol. The normalized spacial score (nSPS) is 18.9. The summed E-state index contributed by atoms with van der Waals surface area (Å²) < 4.78 is 30.8. The first-order valence-corrected chi connectivity index (χ1v) is 9.85. The fourth-order valence-corrected chi connectivity index (χ4v) is 3.50. The van der Waals surface area contributed by atoms with E-state index in [2.05, 4.69) is 9.71 Å². The number of carbonyl (C=O) groups is 1. The van der Waals surface area contributed by atoms with Crippen LogP contribution in [0.5, 0.6) is 0 Å². The predicted molar refractivity (Wildman–Crippen MR) is 90.3 cm³/mol. The number of hydrogen-bond donors (Lipinski definition) is 1. The Balaban J connectivity index is 1.82. The molecule has 1 aliphatic rings. The Labute approximate surface area is 141 Å². The van der Waals surface area contributed by atoms with Gasteiger partial charge in [-0.2, -0.15) is 0 Å². The zero-order valence-electron chi connectivity index (χ0n) is 13.8. The molecule has 8 heteroatoms. The third-order valence-corrected chi connectivity index (χ3v) is 4.88. The average molecular weight is 351 g/mol. The minimum atomic E-state index is -3.28. The zero-order valence-corrected chi connectivity index (χ0v) is 14.6. The van der Waals surface area contributed by atoms with Gasteiger partial charge in [-0.25, -0.2) is 18.1 Å². The standard InChI is InChI=1S/C16H21N3O4S/c1-11-6-7-14-13(18-11)9-15(23-14)16(20)19-8-4-3-5-12(19)10-17-24(2,21)22/h6-7,9,12,17H,3-5,8,10H2,1-2H3. The molecule has 0 aromatic carbocycles. The highest BCUT2D eigenvalue weighted by atomic mass is 32.2. The van der Waals surface area contributed by atoms with Crippen LogP contribution in [0.15, 0.2) is 22.6 Å². The van der Waals surface area contributed by atoms with Crippen molar-refractivity contribution < 1.29 is 17.6 Å². The minimum Gasteiger partial charge on any atom is -0.449 e. The molecule has 1 atom stereocenters. The topological polar surface area (TPSA) is 92.5 Å². The van der Waals surface area contributed by atoms with Gasteiger partial charge in [-0.05, 0) is 38.3 Å². The van der Waals surface area contributed by atoms with Crippen LogP contribution in [0.25, 0.3) is 11.1 Å². The second-order valence-corrected chi connectivity index (χ2v) is 8.05. The molecule has 1 aliphatic heterocycles. The Kier molecular flexibility index (Phi) is 4.60. The van der Waals surface area contributed by atoms with Gasteiger partial charge < -0.3 is 9.32 Å². The van der Waals surface area contributed by atoms with Crippen molar-refractivity contribution in [1.29, 1.82) is 0 Å². The fourth-order valence-electron chi connectivity index (χ4n) is 3.00. The highest BCUT2D eigenvalue weighted by molar-refractivity contribution is 7.88. The summed E-state index contributed by atoms with van der Waals surface area (Å²) in [6, 6.07) is 5.12. The number of pyridine rings is 1. The van der Waals surface area contributed by atoms with Crippen LogP contribution in [0.4, 0.5) is 0 Å². The molecule has 0 spiro atoms. The molecule has 0 saturated carbocycles. The molecule has 3 rings (SSSR count). The maximum atomic E-state index is 12.8. The predicted octanol–water partition coefficient (Wildman–Crippen LogP) is 1.68. The summed E-state index contributed by atoms with van der Waals surface area (Å²) in [4.78, 5) is 18.9. The Morgan fingerprint density at radius 2 is 2.21 bits per heavy atom. The number of likely N-dealkylation sites (tertiary alicyclic amines) is 1. The number of carbonyl (C=O) groups excluding carboxylic acids is 1. The number of nitrogens with zero attached hydrogens (tertiary/aromatic N) is 2. The van der Waals surface area contributed by atoms with Crippen molar-refractivity contribution in [3.8, 4) is 0 Å². The Bertz CT molecular complexity index is 859. The van der Waals surface area contributed by atoms with Gasteiger partial charge in [-0.15, -0.1) is 0 Å². The van der Waals surface area contributed by atoms with Crippen LogP contribution >= 0.6 is 0 Å². The van der Waals surface area contributed by atoms with Gasteiger partial charge in [-0.3, -0.25) is 4.79 Å². The van der Waals surface area contributed by atoms with Gasteiger partial charge in [0.2, 0.25) is 10.0 Å². The first kappa shape index (κ1) is 16.9. The quantitative estimate of drug-likeness (QED) is 0.905. The molecular formula is C16H21N3O4S. The van der Waals surface area contributed by atoms with Crippen LogP contribution in [-0.2, 0) is 10.0 Å². The Hall–Kier alpha value is -1.93. The van der Waals surface area contributed by atoms with E-state index in [1.807, 2.05) is 13.0 Å². The maximum absolute atomic E-state index is 12.8. The molecule has 3 heterocycles. The summed E-state index contributed by atoms with van der Waals surface area (Å²) in [6.07, 6.45) is 3.76. The van der Waals surface area contributed by atoms with E-state index in [0.29, 0.717) is 17.6 Å². The lowest BCUT2D eigenvalue weighted by Gasteiger charge is -2.35. The molecule has 1 N–H and O–H groups in total. The molecule has 2 aromatic rings. The number of amides is 1. The molecule has 1 saturated heterocycles. The molecule has 1 unspecified atom stereocenters. The number of sulfonamides is 1. The molecule has 7 nitrogen and oxygen atoms in total. The van der Waals surface area contributed by atoms with Gasteiger partial charge in [0.05, 0.1) is 6.26 Å². The highest BCUT2D eigenvalue weighted by Crippen LogP contribution is 2.23. The summed E-state index contributed by atoms with van der Waals surface area (Å²) in [5.41, 5.74) is 2.09. The van der Waals surface area contributed by atoms with Gasteiger partial charge in [0.25, 0.3) is 5.91 Å². The summed E-state index contributed by atoms with van der Waals surface area (Å²) in [5, 5.41) is 0. The molecule has 24 heavy (non-hydrogen) atoms. The largest absolute Gasteiger partial charge is 0.449 e. The van der Waals surface area contributed by atoms with Crippen LogP contribution in [-0.4, -0.2) is 49.6 Å². The van der Waals surface area contributed by atoms with Crippen LogP contribution in [0.2, 0.25) is 0 Å². The second-order valence-electron chi connectivity index (χ2n) is 6.22. The van der Waals surface area contributed by atoms with E-state index in [4.69, 9.17) is 4.42 Å². The third kappa shape index (κ3) is 3.76.